The molecule has 620 valence electrons. The SMILES string of the molecule is CC/C=C\C/C=C\C/C=C\C/C=C\C/C=C\C/C=C\C/C=C\C/C=C\CCCCCCCCCCCCCCCCCCC(=O)NC(COC1OC(CO)C(OC2OC(CO)C(OC3OC(CO)C(O)C(O)C3O)C(O)C2O)C(O)C1O)C(O)/C=C/CC/C=C/CC/C=C/CCCCCCCCCCCCCC. The van der Waals surface area contributed by atoms with Gasteiger partial charge in [-0.25, -0.2) is 0 Å². The molecule has 17 atom stereocenters. The molecule has 0 spiro atoms. The average molecular weight is 1520 g/mol. The fraction of sp³-hybridized carbons (Fsp3) is 0.742. The van der Waals surface area contributed by atoms with Crippen molar-refractivity contribution < 1.29 is 89.4 Å². The van der Waals surface area contributed by atoms with E-state index in [-0.39, 0.29) is 18.9 Å². The number of aliphatic hydroxyl groups excluding tert-OH is 11. The minimum Gasteiger partial charge on any atom is -0.394 e. The summed E-state index contributed by atoms with van der Waals surface area (Å²) >= 11 is 0. The Morgan fingerprint density at radius 2 is 0.648 bits per heavy atom. The molecule has 1 amide bonds. The molecule has 3 rings (SSSR count). The minimum atomic E-state index is -1.99. The number of allylic oxidation sites excluding steroid dienone is 21. The summed E-state index contributed by atoms with van der Waals surface area (Å²) in [5.74, 6) is -0.291. The predicted octanol–water partition coefficient (Wildman–Crippen LogP) is 15.2. The quantitative estimate of drug-likeness (QED) is 0.0199. The van der Waals surface area contributed by atoms with Crippen molar-refractivity contribution in [2.45, 2.75) is 394 Å². The first kappa shape index (κ1) is 98.1. The van der Waals surface area contributed by atoms with Gasteiger partial charge in [0.25, 0.3) is 0 Å². The van der Waals surface area contributed by atoms with Crippen LogP contribution in [-0.4, -0.2) is 193 Å². The van der Waals surface area contributed by atoms with Crippen molar-refractivity contribution in [1.82, 2.24) is 5.32 Å². The van der Waals surface area contributed by atoms with E-state index in [1.807, 2.05) is 6.08 Å². The first-order chi connectivity index (χ1) is 52.8. The molecule has 3 heterocycles. The molecule has 3 saturated heterocycles. The maximum Gasteiger partial charge on any atom is 0.220 e. The van der Waals surface area contributed by atoms with E-state index in [4.69, 9.17) is 28.4 Å². The van der Waals surface area contributed by atoms with Gasteiger partial charge in [-0.2, -0.15) is 0 Å². The van der Waals surface area contributed by atoms with Gasteiger partial charge in [0.1, 0.15) is 73.2 Å². The van der Waals surface area contributed by atoms with Crippen molar-refractivity contribution in [2.24, 2.45) is 0 Å². The number of nitrogens with one attached hydrogen (secondary N) is 1. The molecule has 0 saturated carbocycles. The Bertz CT molecular complexity index is 2470. The van der Waals surface area contributed by atoms with Crippen molar-refractivity contribution >= 4 is 5.91 Å². The highest BCUT2D eigenvalue weighted by atomic mass is 16.8. The highest BCUT2D eigenvalue weighted by molar-refractivity contribution is 5.76. The van der Waals surface area contributed by atoms with Gasteiger partial charge in [-0.15, -0.1) is 0 Å². The highest BCUT2D eigenvalue weighted by Crippen LogP contribution is 2.33. The van der Waals surface area contributed by atoms with Crippen molar-refractivity contribution in [1.29, 1.82) is 0 Å². The Hall–Kier alpha value is -4.07. The molecule has 12 N–H and O–H groups in total. The first-order valence-electron chi connectivity index (χ1n) is 42.4. The summed E-state index contributed by atoms with van der Waals surface area (Å²) < 4.78 is 34.4. The number of unbranched alkanes of at least 4 members (excludes halogenated alkanes) is 30. The van der Waals surface area contributed by atoms with Crippen molar-refractivity contribution in [3.05, 3.63) is 134 Å². The van der Waals surface area contributed by atoms with E-state index in [0.717, 1.165) is 109 Å². The molecular weight excluding hydrogens is 1370 g/mol. The third kappa shape index (κ3) is 46.2. The summed E-state index contributed by atoms with van der Waals surface area (Å²) in [4.78, 5) is 13.5. The van der Waals surface area contributed by atoms with Crippen LogP contribution >= 0.6 is 0 Å². The highest BCUT2D eigenvalue weighted by Gasteiger charge is 2.54. The molecule has 0 aliphatic carbocycles. The molecule has 0 aromatic heterocycles. The van der Waals surface area contributed by atoms with Gasteiger partial charge in [-0.05, 0) is 109 Å². The van der Waals surface area contributed by atoms with Crippen LogP contribution in [0.1, 0.15) is 290 Å². The lowest BCUT2D eigenvalue weighted by atomic mass is 9.96. The van der Waals surface area contributed by atoms with Crippen LogP contribution in [0.25, 0.3) is 0 Å². The van der Waals surface area contributed by atoms with E-state index in [0.29, 0.717) is 12.8 Å². The Morgan fingerprint density at radius 3 is 1.04 bits per heavy atom. The van der Waals surface area contributed by atoms with E-state index in [1.54, 1.807) is 6.08 Å². The first-order valence-corrected chi connectivity index (χ1v) is 42.4. The number of ether oxygens (including phenoxy) is 6. The summed E-state index contributed by atoms with van der Waals surface area (Å²) in [6.07, 6.45) is 70.2. The van der Waals surface area contributed by atoms with Gasteiger partial charge >= 0.3 is 0 Å². The van der Waals surface area contributed by atoms with Crippen LogP contribution in [0, 0.1) is 0 Å². The van der Waals surface area contributed by atoms with E-state index >= 15 is 0 Å². The molecule has 19 nitrogen and oxygen atoms in total. The number of hydrogen-bond acceptors (Lipinski definition) is 18. The summed E-state index contributed by atoms with van der Waals surface area (Å²) in [5, 5.41) is 121. The molecule has 3 fully saturated rings. The molecule has 17 unspecified atom stereocenters. The Morgan fingerprint density at radius 1 is 0.343 bits per heavy atom. The van der Waals surface area contributed by atoms with Gasteiger partial charge in [0.2, 0.25) is 5.91 Å². The second-order valence-electron chi connectivity index (χ2n) is 29.5. The summed E-state index contributed by atoms with van der Waals surface area (Å²) in [7, 11) is 0. The summed E-state index contributed by atoms with van der Waals surface area (Å²) in [6, 6.07) is -1.00. The smallest absolute Gasteiger partial charge is 0.220 e. The largest absolute Gasteiger partial charge is 0.394 e. The fourth-order valence-corrected chi connectivity index (χ4v) is 13.4. The van der Waals surface area contributed by atoms with Crippen LogP contribution in [0.3, 0.4) is 0 Å². The number of hydrogen-bond donors (Lipinski definition) is 12. The second kappa shape index (κ2) is 67.4. The monoisotopic (exact) mass is 1520 g/mol. The molecule has 0 radical (unpaired) electrons. The lowest BCUT2D eigenvalue weighted by molar-refractivity contribution is -0.379. The lowest BCUT2D eigenvalue weighted by Crippen LogP contribution is -2.66. The molecule has 108 heavy (non-hydrogen) atoms. The zero-order chi connectivity index (χ0) is 78.1. The molecule has 0 bridgehead atoms. The third-order valence-electron chi connectivity index (χ3n) is 20.2. The van der Waals surface area contributed by atoms with E-state index < -0.39 is 124 Å². The Labute approximate surface area is 651 Å². The predicted molar refractivity (Wildman–Crippen MR) is 433 cm³/mol. The van der Waals surface area contributed by atoms with Gasteiger partial charge in [0, 0.05) is 6.42 Å². The van der Waals surface area contributed by atoms with Gasteiger partial charge < -0.3 is 89.9 Å². The standard InChI is InChI=1S/C89H151NO18/c1-3-5-7-9-11-13-15-17-19-21-23-25-27-28-29-30-31-32-33-34-35-36-37-38-39-40-41-42-43-44-45-47-49-51-53-55-57-59-61-63-65-67-77(95)90-72(73(94)66-64-62-60-58-56-54-52-50-48-46-26-24-22-20-18-16-14-12-10-8-6-4-2)71-103-87-83(101)80(98)85(75(69-92)105-87)108-89-84(102)81(99)86(76(70-93)106-89)107-88-82(100)79(97)78(96)74(68-91)104-88/h5,7,11,13,17,19,23,25,28-29,31-32,34-35,37-38,48,50,56,58,64,66,72-76,78-89,91-94,96-102H,3-4,6,8-10,12,14-16,18,20-22,24,26-27,30,33,36,39-47,49,51-55,57,59-63,65,67-71H2,1-2H3,(H,90,95)/b7-5-,13-11-,19-17-,25-23-,29-28-,32-31-,35-34-,38-37-,50-48+,58-56+,66-64+. The Kier molecular flexibility index (Phi) is 61.3. The van der Waals surface area contributed by atoms with Crippen LogP contribution in [0.15, 0.2) is 134 Å². The number of carbonyl (C=O) groups is 1. The van der Waals surface area contributed by atoms with Gasteiger partial charge in [0.05, 0.1) is 38.6 Å². The number of amides is 1. The van der Waals surface area contributed by atoms with Crippen LogP contribution in [0.5, 0.6) is 0 Å². The number of rotatable bonds is 66. The van der Waals surface area contributed by atoms with Gasteiger partial charge in [-0.3, -0.25) is 4.79 Å². The maximum atomic E-state index is 13.5. The zero-order valence-corrected chi connectivity index (χ0v) is 66.5. The molecule has 0 aromatic carbocycles. The topological polar surface area (TPSA) is 307 Å². The zero-order valence-electron chi connectivity index (χ0n) is 66.5. The van der Waals surface area contributed by atoms with E-state index in [2.05, 4.69) is 141 Å². The van der Waals surface area contributed by atoms with Gasteiger partial charge in [0.15, 0.2) is 18.9 Å². The molecule has 3 aliphatic heterocycles. The maximum absolute atomic E-state index is 13.5. The molecular formula is C89H151NO18. The van der Waals surface area contributed by atoms with Crippen LogP contribution in [-0.2, 0) is 33.2 Å². The molecule has 0 aromatic rings. The second-order valence-corrected chi connectivity index (χ2v) is 29.5. The minimum absolute atomic E-state index is 0.226. The number of aliphatic hydroxyl groups is 11. The fourth-order valence-electron chi connectivity index (χ4n) is 13.4. The number of carbonyl (C=O) groups excluding carboxylic acids is 1. The van der Waals surface area contributed by atoms with Crippen LogP contribution in [0.4, 0.5) is 0 Å². The Balaban J connectivity index is 1.33. The van der Waals surface area contributed by atoms with Crippen molar-refractivity contribution in [3.8, 4) is 0 Å². The van der Waals surface area contributed by atoms with E-state index in [1.165, 1.54) is 148 Å². The normalized spacial score (nSPS) is 26.1. The molecule has 19 heteroatoms. The van der Waals surface area contributed by atoms with Gasteiger partial charge in [-0.1, -0.05) is 308 Å². The third-order valence-corrected chi connectivity index (χ3v) is 20.2. The molecule has 3 aliphatic rings. The average Bonchev–Trinajstić information content (AvgIpc) is 0.787. The van der Waals surface area contributed by atoms with Crippen molar-refractivity contribution in [2.75, 3.05) is 26.4 Å². The van der Waals surface area contributed by atoms with Crippen molar-refractivity contribution in [3.63, 3.8) is 0 Å². The lowest BCUT2D eigenvalue weighted by Gasteiger charge is -2.48. The summed E-state index contributed by atoms with van der Waals surface area (Å²) in [5.41, 5.74) is 0. The van der Waals surface area contributed by atoms with E-state index in [9.17, 15) is 61.0 Å². The van der Waals surface area contributed by atoms with Crippen LogP contribution < -0.4 is 5.32 Å². The van der Waals surface area contributed by atoms with Crippen LogP contribution in [0.2, 0.25) is 0 Å². The summed E-state index contributed by atoms with van der Waals surface area (Å²) in [6.45, 7) is 1.61.